The third-order valence-corrected chi connectivity index (χ3v) is 3.78. The van der Waals surface area contributed by atoms with Gasteiger partial charge in [-0.15, -0.1) is 0 Å². The van der Waals surface area contributed by atoms with E-state index < -0.39 is 0 Å². The molecule has 0 aromatic heterocycles. The van der Waals surface area contributed by atoms with Crippen LogP contribution in [0.1, 0.15) is 31.2 Å². The molecule has 1 aliphatic rings. The Labute approximate surface area is 125 Å². The molecule has 1 saturated carbocycles. The molecule has 2 nitrogen and oxygen atoms in total. The summed E-state index contributed by atoms with van der Waals surface area (Å²) in [5.41, 5.74) is 1.01. The Kier molecular flexibility index (Phi) is 6.18. The van der Waals surface area contributed by atoms with Gasteiger partial charge in [-0.1, -0.05) is 30.4 Å². The number of nitrogens with zero attached hydrogens (tertiary/aromatic N) is 1. The molecule has 0 N–H and O–H groups in total. The number of allylic oxidation sites excluding steroid dienone is 4. The molecule has 0 spiro atoms. The minimum atomic E-state index is -0.212. The van der Waals surface area contributed by atoms with Crippen molar-refractivity contribution in [3.05, 3.63) is 60.0 Å². The fourth-order valence-corrected chi connectivity index (χ4v) is 2.56. The van der Waals surface area contributed by atoms with E-state index >= 15 is 0 Å². The molecule has 0 saturated heterocycles. The van der Waals surface area contributed by atoms with Crippen LogP contribution in [-0.4, -0.2) is 6.10 Å². The van der Waals surface area contributed by atoms with Crippen LogP contribution in [0.2, 0.25) is 0 Å². The molecule has 1 fully saturated rings. The first-order valence-electron chi connectivity index (χ1n) is 7.37. The SMILES string of the molecule is N#C/C=C/C=C/C1CCC(OCc2ccc(F)cc2)CC1. The van der Waals surface area contributed by atoms with E-state index in [4.69, 9.17) is 10.00 Å². The van der Waals surface area contributed by atoms with Crippen LogP contribution in [0.25, 0.3) is 0 Å². The summed E-state index contributed by atoms with van der Waals surface area (Å²) in [4.78, 5) is 0. The Bertz CT molecular complexity index is 519. The van der Waals surface area contributed by atoms with Crippen LogP contribution in [0, 0.1) is 23.1 Å². The number of nitriles is 1. The molecule has 110 valence electrons. The van der Waals surface area contributed by atoms with Crippen molar-refractivity contribution in [2.24, 2.45) is 5.92 Å². The molecule has 0 unspecified atom stereocenters. The second kappa shape index (κ2) is 8.39. The van der Waals surface area contributed by atoms with E-state index in [9.17, 15) is 4.39 Å². The van der Waals surface area contributed by atoms with Gasteiger partial charge in [-0.25, -0.2) is 4.39 Å². The molecule has 3 heteroatoms. The summed E-state index contributed by atoms with van der Waals surface area (Å²) < 4.78 is 18.7. The summed E-state index contributed by atoms with van der Waals surface area (Å²) in [6.45, 7) is 0.552. The Morgan fingerprint density at radius 1 is 1.14 bits per heavy atom. The van der Waals surface area contributed by atoms with Crippen molar-refractivity contribution in [3.63, 3.8) is 0 Å². The van der Waals surface area contributed by atoms with Gasteiger partial charge in [0.15, 0.2) is 0 Å². The van der Waals surface area contributed by atoms with Crippen molar-refractivity contribution in [2.75, 3.05) is 0 Å². The van der Waals surface area contributed by atoms with E-state index in [0.717, 1.165) is 31.2 Å². The number of hydrogen-bond donors (Lipinski definition) is 0. The van der Waals surface area contributed by atoms with Crippen LogP contribution in [0.4, 0.5) is 4.39 Å². The maximum atomic E-state index is 12.8. The van der Waals surface area contributed by atoms with Gasteiger partial charge in [0.2, 0.25) is 0 Å². The van der Waals surface area contributed by atoms with Gasteiger partial charge in [0.1, 0.15) is 5.82 Å². The van der Waals surface area contributed by atoms with Gasteiger partial charge < -0.3 is 4.74 Å². The molecule has 0 heterocycles. The molecule has 0 aliphatic heterocycles. The van der Waals surface area contributed by atoms with Gasteiger partial charge >= 0.3 is 0 Å². The van der Waals surface area contributed by atoms with Crippen molar-refractivity contribution in [3.8, 4) is 6.07 Å². The van der Waals surface area contributed by atoms with Crippen LogP contribution < -0.4 is 0 Å². The van der Waals surface area contributed by atoms with Gasteiger partial charge in [0.25, 0.3) is 0 Å². The zero-order valence-electron chi connectivity index (χ0n) is 12.0. The van der Waals surface area contributed by atoms with E-state index in [-0.39, 0.29) is 5.82 Å². The Morgan fingerprint density at radius 3 is 2.52 bits per heavy atom. The maximum Gasteiger partial charge on any atom is 0.123 e. The highest BCUT2D eigenvalue weighted by molar-refractivity contribution is 5.15. The number of rotatable bonds is 5. The minimum Gasteiger partial charge on any atom is -0.374 e. The van der Waals surface area contributed by atoms with Crippen LogP contribution in [-0.2, 0) is 11.3 Å². The van der Waals surface area contributed by atoms with Gasteiger partial charge in [-0.2, -0.15) is 5.26 Å². The van der Waals surface area contributed by atoms with E-state index in [1.807, 2.05) is 12.1 Å². The van der Waals surface area contributed by atoms with Gasteiger partial charge in [0.05, 0.1) is 18.8 Å². The molecule has 2 rings (SSSR count). The first kappa shape index (κ1) is 15.5. The summed E-state index contributed by atoms with van der Waals surface area (Å²) in [6, 6.07) is 8.45. The lowest BCUT2D eigenvalue weighted by molar-refractivity contribution is 0.0110. The van der Waals surface area contributed by atoms with Crippen molar-refractivity contribution < 1.29 is 9.13 Å². The van der Waals surface area contributed by atoms with E-state index in [1.165, 1.54) is 18.2 Å². The smallest absolute Gasteiger partial charge is 0.123 e. The Balaban J connectivity index is 1.69. The summed E-state index contributed by atoms with van der Waals surface area (Å²) >= 11 is 0. The van der Waals surface area contributed by atoms with E-state index in [0.29, 0.717) is 18.6 Å². The van der Waals surface area contributed by atoms with Gasteiger partial charge in [0, 0.05) is 6.08 Å². The number of hydrogen-bond acceptors (Lipinski definition) is 2. The number of benzene rings is 1. The fourth-order valence-electron chi connectivity index (χ4n) is 2.56. The van der Waals surface area contributed by atoms with Crippen molar-refractivity contribution in [1.29, 1.82) is 5.26 Å². The molecular formula is C18H20FNO. The first-order valence-corrected chi connectivity index (χ1v) is 7.37. The van der Waals surface area contributed by atoms with Crippen LogP contribution >= 0.6 is 0 Å². The molecule has 0 bridgehead atoms. The molecule has 0 amide bonds. The van der Waals surface area contributed by atoms with E-state index in [2.05, 4.69) is 6.08 Å². The highest BCUT2D eigenvalue weighted by Gasteiger charge is 2.19. The predicted octanol–water partition coefficient (Wildman–Crippen LogP) is 4.54. The molecule has 1 aromatic carbocycles. The summed E-state index contributed by atoms with van der Waals surface area (Å²) in [5.74, 6) is 0.371. The van der Waals surface area contributed by atoms with Gasteiger partial charge in [-0.3, -0.25) is 0 Å². The normalized spacial score (nSPS) is 22.7. The van der Waals surface area contributed by atoms with Crippen LogP contribution in [0.5, 0.6) is 0 Å². The molecule has 0 radical (unpaired) electrons. The lowest BCUT2D eigenvalue weighted by atomic mass is 9.87. The molecule has 1 aromatic rings. The Morgan fingerprint density at radius 2 is 1.86 bits per heavy atom. The number of ether oxygens (including phenoxy) is 1. The second-order valence-corrected chi connectivity index (χ2v) is 5.35. The molecule has 0 atom stereocenters. The molecule has 21 heavy (non-hydrogen) atoms. The van der Waals surface area contributed by atoms with Gasteiger partial charge in [-0.05, 0) is 49.3 Å². The summed E-state index contributed by atoms with van der Waals surface area (Å²) in [5, 5.41) is 8.40. The second-order valence-electron chi connectivity index (χ2n) is 5.35. The molecule has 1 aliphatic carbocycles. The van der Waals surface area contributed by atoms with Crippen LogP contribution in [0.15, 0.2) is 48.6 Å². The highest BCUT2D eigenvalue weighted by atomic mass is 19.1. The maximum absolute atomic E-state index is 12.8. The molecular weight excluding hydrogens is 265 g/mol. The summed E-state index contributed by atoms with van der Waals surface area (Å²) in [7, 11) is 0. The zero-order chi connectivity index (χ0) is 14.9. The van der Waals surface area contributed by atoms with E-state index in [1.54, 1.807) is 18.2 Å². The third kappa shape index (κ3) is 5.53. The average molecular weight is 285 g/mol. The predicted molar refractivity (Wildman–Crippen MR) is 80.8 cm³/mol. The monoisotopic (exact) mass is 285 g/mol. The Hall–Kier alpha value is -1.92. The fraction of sp³-hybridized carbons (Fsp3) is 0.389. The third-order valence-electron chi connectivity index (χ3n) is 3.78. The topological polar surface area (TPSA) is 33.0 Å². The summed E-state index contributed by atoms with van der Waals surface area (Å²) in [6.07, 6.45) is 12.0. The van der Waals surface area contributed by atoms with Crippen molar-refractivity contribution >= 4 is 0 Å². The van der Waals surface area contributed by atoms with Crippen molar-refractivity contribution in [2.45, 2.75) is 38.4 Å². The number of halogens is 1. The minimum absolute atomic E-state index is 0.212. The van der Waals surface area contributed by atoms with Crippen LogP contribution in [0.3, 0.4) is 0 Å². The lowest BCUT2D eigenvalue weighted by Crippen LogP contribution is -2.20. The largest absolute Gasteiger partial charge is 0.374 e. The highest BCUT2D eigenvalue weighted by Crippen LogP contribution is 2.27. The average Bonchev–Trinajstić information content (AvgIpc) is 2.52. The lowest BCUT2D eigenvalue weighted by Gasteiger charge is -2.26. The van der Waals surface area contributed by atoms with Crippen molar-refractivity contribution in [1.82, 2.24) is 0 Å². The zero-order valence-corrected chi connectivity index (χ0v) is 12.0. The first-order chi connectivity index (χ1) is 10.3. The quantitative estimate of drug-likeness (QED) is 0.588. The standard InChI is InChI=1S/C18H20FNO/c19-17-9-5-16(6-10-17)14-21-18-11-7-15(8-12-18)4-2-1-3-13-20/h1-6,9-10,15,18H,7-8,11-12,14H2/b3-1+,4-2+.